The minimum absolute atomic E-state index is 0. The number of hydrogen-bond acceptors (Lipinski definition) is 2. The van der Waals surface area contributed by atoms with Gasteiger partial charge in [-0.15, -0.1) is 0 Å². The number of fused-ring (bicyclic) bond motifs is 4. The van der Waals surface area contributed by atoms with E-state index in [0.717, 1.165) is 45.3 Å². The summed E-state index contributed by atoms with van der Waals surface area (Å²) >= 11 is 0. The van der Waals surface area contributed by atoms with Crippen LogP contribution in [0.4, 0.5) is 0 Å². The van der Waals surface area contributed by atoms with E-state index in [1.54, 1.807) is 0 Å². The first-order chi connectivity index (χ1) is 19.9. The van der Waals surface area contributed by atoms with Crippen molar-refractivity contribution in [2.75, 3.05) is 0 Å². The summed E-state index contributed by atoms with van der Waals surface area (Å²) in [4.78, 5) is 0. The van der Waals surface area contributed by atoms with Gasteiger partial charge in [0, 0.05) is 0 Å². The fourth-order valence-electron chi connectivity index (χ4n) is 5.41. The molecule has 3 heteroatoms. The first-order valence-corrected chi connectivity index (χ1v) is 13.4. The first-order valence-electron chi connectivity index (χ1n) is 13.4. The molecule has 2 aliphatic heterocycles. The van der Waals surface area contributed by atoms with Gasteiger partial charge in [-0.05, 0) is 46.5 Å². The maximum absolute atomic E-state index is 6.01. The Labute approximate surface area is 281 Å². The monoisotopic (exact) mass is 652 g/mol. The van der Waals surface area contributed by atoms with Crippen LogP contribution in [0.1, 0.15) is 33.4 Å². The maximum Gasteiger partial charge on any atom is 2.00 e. The van der Waals surface area contributed by atoms with Crippen molar-refractivity contribution in [2.45, 2.75) is 0 Å². The Morgan fingerprint density at radius 1 is 0.293 bits per heavy atom. The molecule has 0 bridgehead atoms. The van der Waals surface area contributed by atoms with E-state index in [4.69, 9.17) is 9.47 Å². The fourth-order valence-corrected chi connectivity index (χ4v) is 5.41. The van der Waals surface area contributed by atoms with Gasteiger partial charge < -0.3 is 9.47 Å². The van der Waals surface area contributed by atoms with Crippen LogP contribution < -0.4 is 9.47 Å². The van der Waals surface area contributed by atoms with Gasteiger partial charge in [0.1, 0.15) is 0 Å². The average Bonchev–Trinajstić information content (AvgIpc) is 3.03. The molecular formula is C38H26BaO2. The van der Waals surface area contributed by atoms with Gasteiger partial charge in [0.25, 0.3) is 0 Å². The molecule has 2 aliphatic rings. The molecule has 0 saturated heterocycles. The molecule has 0 aromatic heterocycles. The second-order valence-corrected chi connectivity index (χ2v) is 9.67. The largest absolute Gasteiger partial charge is 2.00 e. The first kappa shape index (κ1) is 27.4. The Kier molecular flexibility index (Phi) is 8.29. The Bertz CT molecular complexity index is 1540. The number of hydrogen-bond donors (Lipinski definition) is 0. The van der Waals surface area contributed by atoms with Crippen molar-refractivity contribution in [1.82, 2.24) is 0 Å². The van der Waals surface area contributed by atoms with Crippen molar-refractivity contribution in [3.8, 4) is 23.0 Å². The number of ether oxygens (including phenoxy) is 2. The molecule has 8 rings (SSSR count). The Hall–Kier alpha value is -3.77. The molecule has 0 radical (unpaired) electrons. The van der Waals surface area contributed by atoms with Crippen LogP contribution in [0, 0.1) is 11.8 Å². The van der Waals surface area contributed by atoms with Gasteiger partial charge in [-0.3, -0.25) is 0 Å². The standard InChI is InChI=1S/2C19H13O.Ba/c2*1-2-8-14(9-3-1)19-15-10-4-6-12-17(15)20-18-13-7-5-11-16(18)19;/h2*1-13H;/q2*-1;+2. The third-order valence-corrected chi connectivity index (χ3v) is 7.19. The van der Waals surface area contributed by atoms with Crippen molar-refractivity contribution in [2.24, 2.45) is 0 Å². The van der Waals surface area contributed by atoms with Crippen LogP contribution in [-0.2, 0) is 0 Å². The number of para-hydroxylation sites is 4. The summed E-state index contributed by atoms with van der Waals surface area (Å²) < 4.78 is 12.0. The average molecular weight is 652 g/mol. The van der Waals surface area contributed by atoms with Gasteiger partial charge in [0.15, 0.2) is 0 Å². The summed E-state index contributed by atoms with van der Waals surface area (Å²) in [6.45, 7) is 0. The quantitative estimate of drug-likeness (QED) is 0.137. The molecule has 0 fully saturated rings. The topological polar surface area (TPSA) is 18.5 Å². The zero-order valence-electron chi connectivity index (χ0n) is 22.5. The molecule has 2 heterocycles. The summed E-state index contributed by atoms with van der Waals surface area (Å²) in [7, 11) is 0. The van der Waals surface area contributed by atoms with Gasteiger partial charge >= 0.3 is 48.9 Å². The van der Waals surface area contributed by atoms with Crippen molar-refractivity contribution in [3.63, 3.8) is 0 Å². The summed E-state index contributed by atoms with van der Waals surface area (Å²) in [5.74, 6) is 6.16. The second-order valence-electron chi connectivity index (χ2n) is 9.67. The van der Waals surface area contributed by atoms with Crippen LogP contribution in [0.2, 0.25) is 0 Å². The smallest absolute Gasteiger partial charge is 0.506 e. The molecule has 6 aromatic carbocycles. The van der Waals surface area contributed by atoms with Gasteiger partial charge in [0.2, 0.25) is 0 Å². The molecule has 0 saturated carbocycles. The van der Waals surface area contributed by atoms with Crippen molar-refractivity contribution < 1.29 is 9.47 Å². The molecular weight excluding hydrogens is 626 g/mol. The van der Waals surface area contributed by atoms with Crippen LogP contribution >= 0.6 is 0 Å². The maximum atomic E-state index is 6.01. The van der Waals surface area contributed by atoms with Gasteiger partial charge in [0.05, 0.1) is 23.0 Å². The minimum atomic E-state index is 0. The summed E-state index contributed by atoms with van der Waals surface area (Å²) in [5.41, 5.74) is 7.04. The Morgan fingerprint density at radius 3 is 0.829 bits per heavy atom. The van der Waals surface area contributed by atoms with Crippen LogP contribution in [0.25, 0.3) is 0 Å². The van der Waals surface area contributed by atoms with E-state index >= 15 is 0 Å². The van der Waals surface area contributed by atoms with Crippen molar-refractivity contribution >= 4 is 48.9 Å². The predicted molar refractivity (Wildman–Crippen MR) is 166 cm³/mol. The number of rotatable bonds is 2. The molecule has 0 spiro atoms. The third-order valence-electron chi connectivity index (χ3n) is 7.19. The zero-order valence-corrected chi connectivity index (χ0v) is 27.0. The molecule has 0 amide bonds. The van der Waals surface area contributed by atoms with Gasteiger partial charge in [-0.1, -0.05) is 156 Å². The van der Waals surface area contributed by atoms with E-state index in [-0.39, 0.29) is 48.9 Å². The van der Waals surface area contributed by atoms with Gasteiger partial charge in [-0.25, -0.2) is 0 Å². The molecule has 0 aliphatic carbocycles. The number of benzene rings is 6. The van der Waals surface area contributed by atoms with E-state index < -0.39 is 0 Å². The Morgan fingerprint density at radius 2 is 0.537 bits per heavy atom. The van der Waals surface area contributed by atoms with Crippen LogP contribution in [-0.4, -0.2) is 48.9 Å². The molecule has 41 heavy (non-hydrogen) atoms. The fraction of sp³-hybridized carbons (Fsp3) is 0. The van der Waals surface area contributed by atoms with Crippen LogP contribution in [0.15, 0.2) is 158 Å². The molecule has 2 nitrogen and oxygen atoms in total. The molecule has 0 N–H and O–H groups in total. The van der Waals surface area contributed by atoms with Gasteiger partial charge in [-0.2, -0.15) is 0 Å². The van der Waals surface area contributed by atoms with E-state index in [0.29, 0.717) is 0 Å². The molecule has 192 valence electrons. The Balaban J connectivity index is 0.000000144. The van der Waals surface area contributed by atoms with Crippen LogP contribution in [0.3, 0.4) is 0 Å². The predicted octanol–water partition coefficient (Wildman–Crippen LogP) is 9.24. The normalized spacial score (nSPS) is 12.0. The SMILES string of the molecule is [Ba+2].c1ccc([C-]2c3ccccc3Oc3ccccc32)cc1.c1ccc([C-]2c3ccccc3Oc3ccccc32)cc1. The molecule has 0 unspecified atom stereocenters. The summed E-state index contributed by atoms with van der Waals surface area (Å²) in [6, 6.07) is 53.8. The third kappa shape index (κ3) is 5.45. The zero-order chi connectivity index (χ0) is 26.7. The molecule has 6 aromatic rings. The van der Waals surface area contributed by atoms with E-state index in [9.17, 15) is 0 Å². The van der Waals surface area contributed by atoms with Crippen molar-refractivity contribution in [3.05, 3.63) is 203 Å². The minimum Gasteiger partial charge on any atom is -0.506 e. The van der Waals surface area contributed by atoms with Crippen molar-refractivity contribution in [1.29, 1.82) is 0 Å². The summed E-state index contributed by atoms with van der Waals surface area (Å²) in [6.07, 6.45) is 0. The second kappa shape index (κ2) is 12.4. The molecule has 0 atom stereocenters. The van der Waals surface area contributed by atoms with Crippen LogP contribution in [0.5, 0.6) is 23.0 Å². The summed E-state index contributed by atoms with van der Waals surface area (Å²) in [5, 5.41) is 0. The van der Waals surface area contributed by atoms with E-state index in [2.05, 4.69) is 97.1 Å². The van der Waals surface area contributed by atoms with E-state index in [1.807, 2.05) is 60.7 Å². The van der Waals surface area contributed by atoms with E-state index in [1.165, 1.54) is 23.0 Å².